The molecule has 5 nitrogen and oxygen atoms in total. The van der Waals surface area contributed by atoms with Gasteiger partial charge in [-0.25, -0.2) is 4.98 Å². The largest absolute Gasteiger partial charge is 0.473 e. The van der Waals surface area contributed by atoms with Crippen LogP contribution >= 0.6 is 11.8 Å². The molecule has 2 fully saturated rings. The van der Waals surface area contributed by atoms with Gasteiger partial charge >= 0.3 is 0 Å². The number of nitrogens with zero attached hydrogens (tertiary/aromatic N) is 3. The Labute approximate surface area is 147 Å². The van der Waals surface area contributed by atoms with Gasteiger partial charge in [-0.15, -0.1) is 11.8 Å². The first-order valence-electron chi connectivity index (χ1n) is 8.67. The maximum Gasteiger partial charge on any atom is 0.232 e. The van der Waals surface area contributed by atoms with E-state index in [1.165, 1.54) is 25.7 Å². The van der Waals surface area contributed by atoms with Gasteiger partial charge in [-0.1, -0.05) is 12.8 Å². The van der Waals surface area contributed by atoms with Gasteiger partial charge in [0.2, 0.25) is 11.8 Å². The van der Waals surface area contributed by atoms with Crippen molar-refractivity contribution in [1.82, 2.24) is 9.88 Å². The predicted octanol–water partition coefficient (Wildman–Crippen LogP) is 3.00. The van der Waals surface area contributed by atoms with Gasteiger partial charge in [-0.3, -0.25) is 4.79 Å². The number of amides is 1. The number of likely N-dealkylation sites (tertiary alicyclic amines) is 1. The summed E-state index contributed by atoms with van der Waals surface area (Å²) in [6, 6.07) is 5.54. The Balaban J connectivity index is 1.43. The lowest BCUT2D eigenvalue weighted by Crippen LogP contribution is -2.42. The highest BCUT2D eigenvalue weighted by atomic mass is 32.2. The summed E-state index contributed by atoms with van der Waals surface area (Å²) in [6.45, 7) is 1.45. The number of rotatable bonds is 5. The smallest absolute Gasteiger partial charge is 0.232 e. The summed E-state index contributed by atoms with van der Waals surface area (Å²) in [4.78, 5) is 18.4. The standard InChI is InChI=1S/C18H23N3O2S/c19-12-14-4-3-9-20-18(14)23-15-7-10-21(11-8-15)17(22)13-24-16-5-1-2-6-16/h3-4,9,15-16H,1-2,5-8,10-11,13H2. The first-order valence-corrected chi connectivity index (χ1v) is 9.72. The van der Waals surface area contributed by atoms with Crippen LogP contribution in [0.4, 0.5) is 0 Å². The third-order valence-corrected chi connectivity index (χ3v) is 6.07. The van der Waals surface area contributed by atoms with Crippen LogP contribution in [0.1, 0.15) is 44.1 Å². The van der Waals surface area contributed by atoms with Crippen molar-refractivity contribution in [2.24, 2.45) is 0 Å². The van der Waals surface area contributed by atoms with E-state index in [1.807, 2.05) is 16.7 Å². The SMILES string of the molecule is N#Cc1cccnc1OC1CCN(C(=O)CSC2CCCC2)CC1. The summed E-state index contributed by atoms with van der Waals surface area (Å²) in [5.41, 5.74) is 0.462. The molecule has 0 atom stereocenters. The maximum absolute atomic E-state index is 12.3. The topological polar surface area (TPSA) is 66.2 Å². The summed E-state index contributed by atoms with van der Waals surface area (Å²) in [5, 5.41) is 9.77. The quantitative estimate of drug-likeness (QED) is 0.821. The minimum absolute atomic E-state index is 0.0264. The summed E-state index contributed by atoms with van der Waals surface area (Å²) in [7, 11) is 0. The summed E-state index contributed by atoms with van der Waals surface area (Å²) in [6.07, 6.45) is 8.40. The van der Waals surface area contributed by atoms with Gasteiger partial charge in [0, 0.05) is 37.4 Å². The van der Waals surface area contributed by atoms with Gasteiger partial charge in [-0.05, 0) is 25.0 Å². The molecular formula is C18H23N3O2S. The molecule has 6 heteroatoms. The van der Waals surface area contributed by atoms with Crippen LogP contribution < -0.4 is 4.74 Å². The van der Waals surface area contributed by atoms with Gasteiger partial charge in [0.25, 0.3) is 0 Å². The molecule has 1 aromatic heterocycles. The molecule has 1 aliphatic carbocycles. The molecule has 1 aliphatic heterocycles. The molecule has 3 rings (SSSR count). The molecule has 2 heterocycles. The first-order chi connectivity index (χ1) is 11.8. The van der Waals surface area contributed by atoms with Crippen LogP contribution in [0.25, 0.3) is 0 Å². The molecule has 1 saturated heterocycles. The third kappa shape index (κ3) is 4.41. The van der Waals surface area contributed by atoms with Crippen LogP contribution in [-0.2, 0) is 4.79 Å². The van der Waals surface area contributed by atoms with Gasteiger partial charge in [0.1, 0.15) is 17.7 Å². The zero-order valence-corrected chi connectivity index (χ0v) is 14.6. The highest BCUT2D eigenvalue weighted by Crippen LogP contribution is 2.29. The number of carbonyl (C=O) groups is 1. The van der Waals surface area contributed by atoms with Crippen LogP contribution in [0.3, 0.4) is 0 Å². The van der Waals surface area contributed by atoms with Crippen molar-refractivity contribution in [2.45, 2.75) is 49.9 Å². The Morgan fingerprint density at radius 2 is 2.08 bits per heavy atom. The van der Waals surface area contributed by atoms with Crippen LogP contribution in [0.2, 0.25) is 0 Å². The average Bonchev–Trinajstić information content (AvgIpc) is 3.14. The van der Waals surface area contributed by atoms with E-state index in [2.05, 4.69) is 11.1 Å². The highest BCUT2D eigenvalue weighted by molar-refractivity contribution is 8.00. The fourth-order valence-corrected chi connectivity index (χ4v) is 4.51. The lowest BCUT2D eigenvalue weighted by atomic mass is 10.1. The molecule has 2 aliphatic rings. The van der Waals surface area contributed by atoms with Gasteiger partial charge in [0.15, 0.2) is 0 Å². The van der Waals surface area contributed by atoms with Crippen LogP contribution in [0, 0.1) is 11.3 Å². The van der Waals surface area contributed by atoms with Crippen LogP contribution in [0.15, 0.2) is 18.3 Å². The normalized spacial score (nSPS) is 19.2. The van der Waals surface area contributed by atoms with E-state index in [0.717, 1.165) is 25.9 Å². The van der Waals surface area contributed by atoms with Crippen molar-refractivity contribution in [3.63, 3.8) is 0 Å². The van der Waals surface area contributed by atoms with E-state index in [-0.39, 0.29) is 12.0 Å². The molecule has 0 aromatic carbocycles. The summed E-state index contributed by atoms with van der Waals surface area (Å²) >= 11 is 1.83. The Hall–Kier alpha value is -1.74. The van der Waals surface area contributed by atoms with Gasteiger partial charge < -0.3 is 9.64 Å². The predicted molar refractivity (Wildman–Crippen MR) is 93.9 cm³/mol. The van der Waals surface area contributed by atoms with E-state index >= 15 is 0 Å². The number of pyridine rings is 1. The Morgan fingerprint density at radius 3 is 2.79 bits per heavy atom. The van der Waals surface area contributed by atoms with Crippen molar-refractivity contribution >= 4 is 17.7 Å². The number of aromatic nitrogens is 1. The highest BCUT2D eigenvalue weighted by Gasteiger charge is 2.25. The van der Waals surface area contributed by atoms with E-state index < -0.39 is 0 Å². The number of nitriles is 1. The number of hydrogen-bond donors (Lipinski definition) is 0. The molecular weight excluding hydrogens is 322 g/mol. The number of hydrogen-bond acceptors (Lipinski definition) is 5. The van der Waals surface area contributed by atoms with E-state index in [0.29, 0.717) is 22.4 Å². The fraction of sp³-hybridized carbons (Fsp3) is 0.611. The minimum Gasteiger partial charge on any atom is -0.473 e. The molecule has 128 valence electrons. The first kappa shape index (κ1) is 17.1. The van der Waals surface area contributed by atoms with Crippen molar-refractivity contribution in [3.8, 4) is 11.9 Å². The Kier molecular flexibility index (Phi) is 5.97. The molecule has 0 N–H and O–H groups in total. The monoisotopic (exact) mass is 345 g/mol. The van der Waals surface area contributed by atoms with E-state index in [9.17, 15) is 4.79 Å². The van der Waals surface area contributed by atoms with Crippen LogP contribution in [-0.4, -0.2) is 46.0 Å². The summed E-state index contributed by atoms with van der Waals surface area (Å²) < 4.78 is 5.87. The molecule has 1 amide bonds. The van der Waals surface area contributed by atoms with Gasteiger partial charge in [-0.2, -0.15) is 5.26 Å². The number of carbonyl (C=O) groups excluding carboxylic acids is 1. The van der Waals surface area contributed by atoms with Gasteiger partial charge in [0.05, 0.1) is 5.75 Å². The van der Waals surface area contributed by atoms with Crippen molar-refractivity contribution in [2.75, 3.05) is 18.8 Å². The average molecular weight is 345 g/mol. The molecule has 0 bridgehead atoms. The minimum atomic E-state index is 0.0264. The van der Waals surface area contributed by atoms with Crippen molar-refractivity contribution < 1.29 is 9.53 Å². The second-order valence-corrected chi connectivity index (χ2v) is 7.67. The van der Waals surface area contributed by atoms with E-state index in [4.69, 9.17) is 10.00 Å². The lowest BCUT2D eigenvalue weighted by molar-refractivity contribution is -0.130. The fourth-order valence-electron chi connectivity index (χ4n) is 3.29. The zero-order chi connectivity index (χ0) is 16.8. The summed E-state index contributed by atoms with van der Waals surface area (Å²) in [5.74, 6) is 1.26. The Bertz CT molecular complexity index is 603. The second kappa shape index (κ2) is 8.39. The molecule has 0 unspecified atom stereocenters. The molecule has 0 spiro atoms. The molecule has 0 radical (unpaired) electrons. The molecule has 1 aromatic rings. The number of thioether (sulfide) groups is 1. The Morgan fingerprint density at radius 1 is 1.33 bits per heavy atom. The zero-order valence-electron chi connectivity index (χ0n) is 13.8. The second-order valence-electron chi connectivity index (χ2n) is 6.38. The molecule has 24 heavy (non-hydrogen) atoms. The number of piperidine rings is 1. The van der Waals surface area contributed by atoms with Crippen LogP contribution in [0.5, 0.6) is 5.88 Å². The third-order valence-electron chi connectivity index (χ3n) is 4.71. The number of ether oxygens (including phenoxy) is 1. The van der Waals surface area contributed by atoms with E-state index in [1.54, 1.807) is 18.3 Å². The van der Waals surface area contributed by atoms with Crippen molar-refractivity contribution in [1.29, 1.82) is 5.26 Å². The molecule has 1 saturated carbocycles. The van der Waals surface area contributed by atoms with Crippen molar-refractivity contribution in [3.05, 3.63) is 23.9 Å². The lowest BCUT2D eigenvalue weighted by Gasteiger charge is -2.32. The maximum atomic E-state index is 12.3.